The van der Waals surface area contributed by atoms with Gasteiger partial charge in [-0.2, -0.15) is 5.26 Å². The molecule has 24 heavy (non-hydrogen) atoms. The van der Waals surface area contributed by atoms with Gasteiger partial charge < -0.3 is 4.90 Å². The Labute approximate surface area is 140 Å². The molecule has 2 aromatic rings. The summed E-state index contributed by atoms with van der Waals surface area (Å²) in [5.41, 5.74) is 3.34. The maximum atomic E-state index is 13.7. The first-order valence-electron chi connectivity index (χ1n) is 8.09. The fourth-order valence-electron chi connectivity index (χ4n) is 3.30. The van der Waals surface area contributed by atoms with Gasteiger partial charge in [0, 0.05) is 30.0 Å². The van der Waals surface area contributed by atoms with Gasteiger partial charge in [0.15, 0.2) is 0 Å². The molecule has 2 heterocycles. The lowest BCUT2D eigenvalue weighted by molar-refractivity contribution is 0.152. The van der Waals surface area contributed by atoms with E-state index >= 15 is 0 Å². The number of fused-ring (bicyclic) bond motifs is 1. The van der Waals surface area contributed by atoms with Crippen molar-refractivity contribution >= 4 is 5.69 Å². The number of anilines is 1. The molecule has 1 aromatic carbocycles. The number of aromatic nitrogens is 1. The average Bonchev–Trinajstić information content (AvgIpc) is 2.59. The van der Waals surface area contributed by atoms with Crippen molar-refractivity contribution in [1.29, 1.82) is 5.26 Å². The zero-order chi connectivity index (χ0) is 17.3. The molecule has 3 rings (SSSR count). The quantitative estimate of drug-likeness (QED) is 0.819. The maximum absolute atomic E-state index is 13.7. The highest BCUT2D eigenvalue weighted by Gasteiger charge is 2.24. The summed E-state index contributed by atoms with van der Waals surface area (Å²) in [6.45, 7) is 5.04. The highest BCUT2D eigenvalue weighted by molar-refractivity contribution is 5.74. The Morgan fingerprint density at radius 3 is 2.71 bits per heavy atom. The number of rotatable bonds is 3. The Hall–Kier alpha value is -2.48. The Morgan fingerprint density at radius 1 is 1.25 bits per heavy atom. The van der Waals surface area contributed by atoms with Gasteiger partial charge in [0.25, 0.3) is 6.43 Å². The SMILES string of the molecule is CC(C)N1CCCc2cc(-c3ccnc(C#N)c3)c(C(F)F)cc21. The third-order valence-electron chi connectivity index (χ3n) is 4.45. The number of nitriles is 1. The van der Waals surface area contributed by atoms with E-state index in [4.69, 9.17) is 5.26 Å². The predicted molar refractivity (Wildman–Crippen MR) is 90.1 cm³/mol. The lowest BCUT2D eigenvalue weighted by atomic mass is 9.91. The van der Waals surface area contributed by atoms with Crippen LogP contribution in [0.3, 0.4) is 0 Å². The molecular formula is C19H19F2N3. The van der Waals surface area contributed by atoms with Gasteiger partial charge in [-0.05, 0) is 67.6 Å². The second kappa shape index (κ2) is 6.56. The van der Waals surface area contributed by atoms with Crippen LogP contribution in [-0.2, 0) is 6.42 Å². The van der Waals surface area contributed by atoms with Crippen molar-refractivity contribution in [3.05, 3.63) is 47.3 Å². The summed E-state index contributed by atoms with van der Waals surface area (Å²) in [4.78, 5) is 6.11. The van der Waals surface area contributed by atoms with Crippen LogP contribution in [0.1, 0.15) is 43.5 Å². The molecule has 0 aliphatic carbocycles. The van der Waals surface area contributed by atoms with Crippen molar-refractivity contribution in [2.75, 3.05) is 11.4 Å². The van der Waals surface area contributed by atoms with Crippen molar-refractivity contribution in [2.45, 2.75) is 39.2 Å². The van der Waals surface area contributed by atoms with Crippen molar-refractivity contribution in [1.82, 2.24) is 4.98 Å². The molecular weight excluding hydrogens is 308 g/mol. The normalized spacial score (nSPS) is 14.0. The molecule has 5 heteroatoms. The molecule has 0 radical (unpaired) electrons. The van der Waals surface area contributed by atoms with Crippen LogP contribution >= 0.6 is 0 Å². The highest BCUT2D eigenvalue weighted by atomic mass is 19.3. The number of halogens is 2. The largest absolute Gasteiger partial charge is 0.369 e. The molecule has 1 aromatic heterocycles. The Bertz CT molecular complexity index is 794. The number of hydrogen-bond acceptors (Lipinski definition) is 3. The maximum Gasteiger partial charge on any atom is 0.264 e. The van der Waals surface area contributed by atoms with Crippen LogP contribution in [0.5, 0.6) is 0 Å². The molecule has 0 unspecified atom stereocenters. The van der Waals surface area contributed by atoms with Crippen LogP contribution in [0.15, 0.2) is 30.5 Å². The van der Waals surface area contributed by atoms with Crippen molar-refractivity contribution in [3.63, 3.8) is 0 Å². The number of pyridine rings is 1. The van der Waals surface area contributed by atoms with Crippen LogP contribution in [0.4, 0.5) is 14.5 Å². The van der Waals surface area contributed by atoms with Gasteiger partial charge in [-0.25, -0.2) is 13.8 Å². The topological polar surface area (TPSA) is 39.9 Å². The fourth-order valence-corrected chi connectivity index (χ4v) is 3.30. The summed E-state index contributed by atoms with van der Waals surface area (Å²) in [6.07, 6.45) is 0.812. The summed E-state index contributed by atoms with van der Waals surface area (Å²) >= 11 is 0. The Morgan fingerprint density at radius 2 is 2.04 bits per heavy atom. The van der Waals surface area contributed by atoms with E-state index in [1.807, 2.05) is 12.1 Å². The number of benzene rings is 1. The van der Waals surface area contributed by atoms with Gasteiger partial charge in [0.1, 0.15) is 11.8 Å². The van der Waals surface area contributed by atoms with E-state index in [1.165, 1.54) is 6.20 Å². The van der Waals surface area contributed by atoms with Gasteiger partial charge in [-0.1, -0.05) is 0 Å². The van der Waals surface area contributed by atoms with Gasteiger partial charge in [-0.15, -0.1) is 0 Å². The summed E-state index contributed by atoms with van der Waals surface area (Å²) in [6, 6.07) is 8.97. The molecule has 1 aliphatic rings. The molecule has 124 valence electrons. The number of hydrogen-bond donors (Lipinski definition) is 0. The van der Waals surface area contributed by atoms with Crippen LogP contribution in [0.25, 0.3) is 11.1 Å². The van der Waals surface area contributed by atoms with E-state index < -0.39 is 6.43 Å². The molecule has 3 nitrogen and oxygen atoms in total. The van der Waals surface area contributed by atoms with Crippen molar-refractivity contribution in [2.24, 2.45) is 0 Å². The molecule has 0 atom stereocenters. The number of alkyl halides is 2. The molecule has 0 spiro atoms. The van der Waals surface area contributed by atoms with E-state index in [1.54, 1.807) is 18.2 Å². The van der Waals surface area contributed by atoms with Crippen LogP contribution in [0, 0.1) is 11.3 Å². The molecule has 1 aliphatic heterocycles. The number of aryl methyl sites for hydroxylation is 1. The zero-order valence-corrected chi connectivity index (χ0v) is 13.8. The minimum atomic E-state index is -2.57. The third-order valence-corrected chi connectivity index (χ3v) is 4.45. The second-order valence-electron chi connectivity index (χ2n) is 6.30. The standard InChI is InChI=1S/C19H19F2N3/c1-12(2)24-7-3-4-14-9-16(17(19(20)21)10-18(14)24)13-5-6-23-15(8-13)11-22/h5-6,8-10,12,19H,3-4,7H2,1-2H3. The molecule has 0 saturated carbocycles. The minimum absolute atomic E-state index is 0.0105. The van der Waals surface area contributed by atoms with Gasteiger partial charge in [0.2, 0.25) is 0 Å². The van der Waals surface area contributed by atoms with Gasteiger partial charge >= 0.3 is 0 Å². The lowest BCUT2D eigenvalue weighted by Gasteiger charge is -2.35. The Balaban J connectivity index is 2.18. The van der Waals surface area contributed by atoms with Crippen LogP contribution in [0.2, 0.25) is 0 Å². The average molecular weight is 327 g/mol. The molecule has 0 bridgehead atoms. The summed E-state index contributed by atoms with van der Waals surface area (Å²) in [5, 5.41) is 9.01. The summed E-state index contributed by atoms with van der Waals surface area (Å²) in [7, 11) is 0. The van der Waals surface area contributed by atoms with Gasteiger partial charge in [-0.3, -0.25) is 0 Å². The Kier molecular flexibility index (Phi) is 4.48. The molecule has 0 fully saturated rings. The van der Waals surface area contributed by atoms with Crippen molar-refractivity contribution in [3.8, 4) is 17.2 Å². The lowest BCUT2D eigenvalue weighted by Crippen LogP contribution is -2.35. The van der Waals surface area contributed by atoms with E-state index in [2.05, 4.69) is 23.7 Å². The van der Waals surface area contributed by atoms with E-state index in [0.29, 0.717) is 11.1 Å². The summed E-state index contributed by atoms with van der Waals surface area (Å²) < 4.78 is 27.4. The van der Waals surface area contributed by atoms with Gasteiger partial charge in [0.05, 0.1) is 0 Å². The van der Waals surface area contributed by atoms with Crippen LogP contribution < -0.4 is 4.90 Å². The first-order valence-corrected chi connectivity index (χ1v) is 8.09. The number of nitrogens with zero attached hydrogens (tertiary/aromatic N) is 3. The minimum Gasteiger partial charge on any atom is -0.369 e. The zero-order valence-electron chi connectivity index (χ0n) is 13.8. The van der Waals surface area contributed by atoms with E-state index in [9.17, 15) is 8.78 Å². The monoisotopic (exact) mass is 327 g/mol. The third kappa shape index (κ3) is 2.96. The highest BCUT2D eigenvalue weighted by Crippen LogP contribution is 2.39. The van der Waals surface area contributed by atoms with Crippen LogP contribution in [-0.4, -0.2) is 17.6 Å². The summed E-state index contributed by atoms with van der Waals surface area (Å²) in [5.74, 6) is 0. The van der Waals surface area contributed by atoms with E-state index in [0.717, 1.165) is 30.6 Å². The fraction of sp³-hybridized carbons (Fsp3) is 0.368. The van der Waals surface area contributed by atoms with Crippen molar-refractivity contribution < 1.29 is 8.78 Å². The second-order valence-corrected chi connectivity index (χ2v) is 6.30. The first kappa shape index (κ1) is 16.4. The molecule has 0 N–H and O–H groups in total. The molecule has 0 saturated heterocycles. The smallest absolute Gasteiger partial charge is 0.264 e. The van der Waals surface area contributed by atoms with E-state index in [-0.39, 0.29) is 17.3 Å². The molecule has 0 amide bonds. The predicted octanol–water partition coefficient (Wildman–Crippen LogP) is 4.72. The first-order chi connectivity index (χ1) is 11.5.